The number of aliphatic imine (C=N–C) groups is 1. The van der Waals surface area contributed by atoms with Crippen LogP contribution < -0.4 is 15.8 Å². The van der Waals surface area contributed by atoms with Gasteiger partial charge in [0.25, 0.3) is 0 Å². The fraction of sp³-hybridized carbons (Fsp3) is 0.533. The molecule has 6 nitrogen and oxygen atoms in total. The van der Waals surface area contributed by atoms with Gasteiger partial charge in [-0.2, -0.15) is 0 Å². The zero-order valence-electron chi connectivity index (χ0n) is 13.7. The molecule has 1 heterocycles. The molecule has 1 aromatic rings. The maximum atomic E-state index is 12.4. The lowest BCUT2D eigenvalue weighted by Crippen LogP contribution is -2.51. The highest BCUT2D eigenvalue weighted by atomic mass is 19.4. The van der Waals surface area contributed by atoms with E-state index in [0.29, 0.717) is 6.54 Å². The van der Waals surface area contributed by atoms with E-state index in [1.165, 1.54) is 18.2 Å². The first kappa shape index (κ1) is 18.3. The number of piperazine rings is 1. The van der Waals surface area contributed by atoms with Crippen LogP contribution in [0, 0.1) is 0 Å². The first-order chi connectivity index (χ1) is 11.2. The van der Waals surface area contributed by atoms with Gasteiger partial charge in [0, 0.05) is 25.7 Å². The number of halogens is 3. The fourth-order valence-electron chi connectivity index (χ4n) is 2.46. The van der Waals surface area contributed by atoms with E-state index in [1.54, 1.807) is 6.07 Å². The molecule has 1 unspecified atom stereocenters. The molecule has 1 saturated heterocycles. The summed E-state index contributed by atoms with van der Waals surface area (Å²) in [5, 5.41) is 2.67. The molecule has 0 amide bonds. The smallest absolute Gasteiger partial charge is 0.404 e. The summed E-state index contributed by atoms with van der Waals surface area (Å²) in [5.74, 6) is -0.299. The van der Waals surface area contributed by atoms with Crippen molar-refractivity contribution >= 4 is 11.6 Å². The number of nitrogens with one attached hydrogen (secondary N) is 1. The van der Waals surface area contributed by atoms with Gasteiger partial charge >= 0.3 is 6.36 Å². The summed E-state index contributed by atoms with van der Waals surface area (Å²) in [7, 11) is 4.05. The van der Waals surface area contributed by atoms with Gasteiger partial charge in [0.05, 0.1) is 12.2 Å². The summed E-state index contributed by atoms with van der Waals surface area (Å²) in [6.07, 6.45) is -4.76. The highest BCUT2D eigenvalue weighted by Gasteiger charge is 2.32. The van der Waals surface area contributed by atoms with Crippen molar-refractivity contribution < 1.29 is 17.9 Å². The molecule has 9 heteroatoms. The summed E-state index contributed by atoms with van der Waals surface area (Å²) >= 11 is 0. The first-order valence-corrected chi connectivity index (χ1v) is 7.55. The number of likely N-dealkylation sites (N-methyl/N-ethyl adjacent to an activating group) is 2. The van der Waals surface area contributed by atoms with E-state index in [0.717, 1.165) is 19.6 Å². The van der Waals surface area contributed by atoms with Crippen molar-refractivity contribution in [2.75, 3.05) is 45.6 Å². The molecule has 0 spiro atoms. The third-order valence-electron chi connectivity index (χ3n) is 3.83. The Kier molecular flexibility index (Phi) is 5.89. The number of rotatable bonds is 4. The molecular weight excluding hydrogens is 323 g/mol. The fourth-order valence-corrected chi connectivity index (χ4v) is 2.46. The first-order valence-electron chi connectivity index (χ1n) is 7.55. The number of alkyl halides is 3. The van der Waals surface area contributed by atoms with Crippen molar-refractivity contribution in [1.82, 2.24) is 9.80 Å². The maximum Gasteiger partial charge on any atom is 0.573 e. The second-order valence-electron chi connectivity index (χ2n) is 5.79. The molecule has 2 rings (SSSR count). The number of hydrogen-bond acceptors (Lipinski definition) is 4. The maximum absolute atomic E-state index is 12.4. The molecule has 0 saturated carbocycles. The van der Waals surface area contributed by atoms with Crippen LogP contribution in [-0.2, 0) is 0 Å². The van der Waals surface area contributed by atoms with Crippen molar-refractivity contribution in [2.45, 2.75) is 12.4 Å². The van der Waals surface area contributed by atoms with E-state index in [9.17, 15) is 13.2 Å². The standard InChI is InChI=1S/C15H22F3N5O/c1-22-7-8-23(2)11(10-22)9-20-14(19)21-12-5-3-4-6-13(12)24-15(16,17)18/h3-6,11H,7-10H2,1-2H3,(H3,19,20,21). The Labute approximate surface area is 139 Å². The van der Waals surface area contributed by atoms with Crippen LogP contribution in [0.25, 0.3) is 0 Å². The van der Waals surface area contributed by atoms with Crippen LogP contribution in [0.3, 0.4) is 0 Å². The highest BCUT2D eigenvalue weighted by molar-refractivity contribution is 5.93. The molecule has 0 aromatic heterocycles. The van der Waals surface area contributed by atoms with E-state index >= 15 is 0 Å². The van der Waals surface area contributed by atoms with E-state index in [1.807, 2.05) is 14.1 Å². The quantitative estimate of drug-likeness (QED) is 0.640. The largest absolute Gasteiger partial charge is 0.573 e. The highest BCUT2D eigenvalue weighted by Crippen LogP contribution is 2.29. The minimum atomic E-state index is -4.76. The molecule has 1 aliphatic rings. The lowest BCUT2D eigenvalue weighted by atomic mass is 10.2. The molecule has 0 radical (unpaired) electrons. The molecule has 24 heavy (non-hydrogen) atoms. The van der Waals surface area contributed by atoms with Crippen LogP contribution in [0.2, 0.25) is 0 Å². The van der Waals surface area contributed by atoms with Crippen molar-refractivity contribution in [3.05, 3.63) is 24.3 Å². The summed E-state index contributed by atoms with van der Waals surface area (Å²) in [5.41, 5.74) is 5.92. The van der Waals surface area contributed by atoms with Crippen LogP contribution in [-0.4, -0.2) is 68.4 Å². The van der Waals surface area contributed by atoms with Gasteiger partial charge in [-0.15, -0.1) is 13.2 Å². The molecule has 1 atom stereocenters. The molecule has 3 N–H and O–H groups in total. The molecule has 0 aliphatic carbocycles. The number of para-hydroxylation sites is 2. The average Bonchev–Trinajstić information content (AvgIpc) is 2.49. The molecule has 1 aromatic carbocycles. The zero-order chi connectivity index (χ0) is 17.7. The lowest BCUT2D eigenvalue weighted by Gasteiger charge is -2.36. The van der Waals surface area contributed by atoms with Gasteiger partial charge in [-0.25, -0.2) is 0 Å². The summed E-state index contributed by atoms with van der Waals surface area (Å²) in [6.45, 7) is 3.25. The SMILES string of the molecule is CN1CCN(C)C(CN=C(N)Nc2ccccc2OC(F)(F)F)C1. The Morgan fingerprint density at radius 2 is 2.04 bits per heavy atom. The van der Waals surface area contributed by atoms with E-state index in [4.69, 9.17) is 5.73 Å². The molecule has 134 valence electrons. The minimum Gasteiger partial charge on any atom is -0.404 e. The number of ether oxygens (including phenoxy) is 1. The molecular formula is C15H22F3N5O. The normalized spacial score (nSPS) is 20.9. The Morgan fingerprint density at radius 3 is 2.75 bits per heavy atom. The number of benzene rings is 1. The lowest BCUT2D eigenvalue weighted by molar-refractivity contribution is -0.274. The molecule has 1 aliphatic heterocycles. The summed E-state index contributed by atoms with van der Waals surface area (Å²) in [4.78, 5) is 8.64. The third kappa shape index (κ3) is 5.57. The van der Waals surface area contributed by atoms with Crippen molar-refractivity contribution in [3.63, 3.8) is 0 Å². The summed E-state index contributed by atoms with van der Waals surface area (Å²) < 4.78 is 41.2. The predicted molar refractivity (Wildman–Crippen MR) is 87.2 cm³/mol. The van der Waals surface area contributed by atoms with Gasteiger partial charge in [-0.3, -0.25) is 9.89 Å². The predicted octanol–water partition coefficient (Wildman–Crippen LogP) is 1.56. The monoisotopic (exact) mass is 345 g/mol. The van der Waals surface area contributed by atoms with Gasteiger partial charge in [0.1, 0.15) is 0 Å². The summed E-state index contributed by atoms with van der Waals surface area (Å²) in [6, 6.07) is 5.91. The Morgan fingerprint density at radius 1 is 1.33 bits per heavy atom. The Hall–Kier alpha value is -2.00. The van der Waals surface area contributed by atoms with Crippen LogP contribution in [0.1, 0.15) is 0 Å². The van der Waals surface area contributed by atoms with Gasteiger partial charge < -0.3 is 20.7 Å². The Bertz CT molecular complexity index is 578. The van der Waals surface area contributed by atoms with Crippen LogP contribution in [0.15, 0.2) is 29.3 Å². The average molecular weight is 345 g/mol. The second kappa shape index (κ2) is 7.71. The van der Waals surface area contributed by atoms with Crippen LogP contribution >= 0.6 is 0 Å². The van der Waals surface area contributed by atoms with E-state index in [2.05, 4.69) is 24.8 Å². The molecule has 1 fully saturated rings. The van der Waals surface area contributed by atoms with Crippen molar-refractivity contribution in [1.29, 1.82) is 0 Å². The third-order valence-corrected chi connectivity index (χ3v) is 3.83. The van der Waals surface area contributed by atoms with E-state index < -0.39 is 6.36 Å². The van der Waals surface area contributed by atoms with Crippen molar-refractivity contribution in [2.24, 2.45) is 10.7 Å². The van der Waals surface area contributed by atoms with Gasteiger partial charge in [-0.1, -0.05) is 12.1 Å². The second-order valence-corrected chi connectivity index (χ2v) is 5.79. The van der Waals surface area contributed by atoms with Gasteiger partial charge in [0.2, 0.25) is 0 Å². The molecule has 0 bridgehead atoms. The Balaban J connectivity index is 2.00. The number of nitrogens with zero attached hydrogens (tertiary/aromatic N) is 3. The zero-order valence-corrected chi connectivity index (χ0v) is 13.7. The van der Waals surface area contributed by atoms with Crippen molar-refractivity contribution in [3.8, 4) is 5.75 Å². The van der Waals surface area contributed by atoms with E-state index in [-0.39, 0.29) is 23.4 Å². The van der Waals surface area contributed by atoms with Gasteiger partial charge in [0.15, 0.2) is 11.7 Å². The van der Waals surface area contributed by atoms with Crippen LogP contribution in [0.4, 0.5) is 18.9 Å². The van der Waals surface area contributed by atoms with Crippen LogP contribution in [0.5, 0.6) is 5.75 Å². The number of anilines is 1. The number of hydrogen-bond donors (Lipinski definition) is 2. The topological polar surface area (TPSA) is 66.1 Å². The minimum absolute atomic E-state index is 0.0508. The number of nitrogens with two attached hydrogens (primary N) is 1. The van der Waals surface area contributed by atoms with Gasteiger partial charge in [-0.05, 0) is 26.2 Å². The number of guanidine groups is 1.